The van der Waals surface area contributed by atoms with Crippen molar-refractivity contribution in [1.29, 1.82) is 0 Å². The maximum absolute atomic E-state index is 13.3. The van der Waals surface area contributed by atoms with Gasteiger partial charge in [-0.2, -0.15) is 4.31 Å². The van der Waals surface area contributed by atoms with Crippen LogP contribution in [-0.4, -0.2) is 49.8 Å². The molecule has 2 heterocycles. The van der Waals surface area contributed by atoms with Crippen LogP contribution in [0.25, 0.3) is 0 Å². The summed E-state index contributed by atoms with van der Waals surface area (Å²) >= 11 is 6.03. The monoisotopic (exact) mass is 433 g/mol. The molecule has 0 spiro atoms. The second-order valence-electron chi connectivity index (χ2n) is 6.14. The Morgan fingerprint density at radius 2 is 2.07 bits per heavy atom. The molecule has 1 aliphatic heterocycles. The predicted octanol–water partition coefficient (Wildman–Crippen LogP) is 2.01. The van der Waals surface area contributed by atoms with Crippen LogP contribution >= 0.6 is 11.6 Å². The number of rotatable bonds is 6. The number of benzene rings is 1. The lowest BCUT2D eigenvalue weighted by Gasteiger charge is -2.27. The van der Waals surface area contributed by atoms with E-state index in [0.29, 0.717) is 5.76 Å². The summed E-state index contributed by atoms with van der Waals surface area (Å²) in [5, 5.41) is 9.00. The van der Waals surface area contributed by atoms with Gasteiger partial charge in [-0.1, -0.05) is 11.6 Å². The van der Waals surface area contributed by atoms with Crippen LogP contribution in [0.4, 0.5) is 0 Å². The normalized spacial score (nSPS) is 19.4. The molecular weight excluding hydrogens is 418 g/mol. The van der Waals surface area contributed by atoms with E-state index in [-0.39, 0.29) is 40.0 Å². The van der Waals surface area contributed by atoms with Gasteiger partial charge in [0.15, 0.2) is 9.84 Å². The Labute approximate surface area is 161 Å². The number of aromatic carboxylic acids is 1. The molecule has 0 radical (unpaired) electrons. The standard InChI is InChI=1S/C16H16ClNO7S2/c17-14-4-3-11(16(19)20)8-15(14)27(23,24)18(9-13-2-1-6-25-13)12-5-7-26(21,22)10-12/h1-4,6,8,12H,5,7,9-10H2,(H,19,20)/t12-/m1/s1. The number of sulfone groups is 1. The van der Waals surface area contributed by atoms with E-state index in [9.17, 15) is 21.6 Å². The van der Waals surface area contributed by atoms with E-state index in [4.69, 9.17) is 21.1 Å². The smallest absolute Gasteiger partial charge is 0.335 e. The van der Waals surface area contributed by atoms with Crippen molar-refractivity contribution in [2.24, 2.45) is 0 Å². The van der Waals surface area contributed by atoms with Crippen molar-refractivity contribution in [2.75, 3.05) is 11.5 Å². The maximum Gasteiger partial charge on any atom is 0.335 e. The van der Waals surface area contributed by atoms with Crippen LogP contribution in [0.3, 0.4) is 0 Å². The van der Waals surface area contributed by atoms with E-state index >= 15 is 0 Å². The van der Waals surface area contributed by atoms with Crippen molar-refractivity contribution in [3.63, 3.8) is 0 Å². The van der Waals surface area contributed by atoms with E-state index < -0.39 is 31.9 Å². The summed E-state index contributed by atoms with van der Waals surface area (Å²) in [4.78, 5) is 10.8. The third-order valence-corrected chi connectivity index (χ3v) is 8.40. The quantitative estimate of drug-likeness (QED) is 0.739. The molecular formula is C16H16ClNO7S2. The second-order valence-corrected chi connectivity index (χ2v) is 10.6. The number of carboxylic acid groups (broad SMARTS) is 1. The number of carboxylic acids is 1. The van der Waals surface area contributed by atoms with Gasteiger partial charge in [0, 0.05) is 6.04 Å². The summed E-state index contributed by atoms with van der Waals surface area (Å²) < 4.78 is 56.5. The highest BCUT2D eigenvalue weighted by Gasteiger charge is 2.40. The van der Waals surface area contributed by atoms with Crippen LogP contribution < -0.4 is 0 Å². The van der Waals surface area contributed by atoms with Gasteiger partial charge >= 0.3 is 5.97 Å². The summed E-state index contributed by atoms with van der Waals surface area (Å²) in [6, 6.07) is 5.72. The van der Waals surface area contributed by atoms with Gasteiger partial charge in [-0.05, 0) is 36.8 Å². The van der Waals surface area contributed by atoms with Gasteiger partial charge in [-0.15, -0.1) is 0 Å². The molecule has 0 unspecified atom stereocenters. The Kier molecular flexibility index (Phi) is 5.35. The average Bonchev–Trinajstić information content (AvgIpc) is 3.21. The molecule has 1 atom stereocenters. The highest BCUT2D eigenvalue weighted by molar-refractivity contribution is 7.92. The second kappa shape index (κ2) is 7.27. The summed E-state index contributed by atoms with van der Waals surface area (Å²) in [6.07, 6.45) is 1.52. The molecule has 0 bridgehead atoms. The highest BCUT2D eigenvalue weighted by atomic mass is 35.5. The minimum absolute atomic E-state index is 0.120. The Morgan fingerprint density at radius 3 is 2.63 bits per heavy atom. The first kappa shape index (κ1) is 19.9. The SMILES string of the molecule is O=C(O)c1ccc(Cl)c(S(=O)(=O)N(Cc2ccco2)[C@@H]2CCS(=O)(=O)C2)c1. The first-order valence-corrected chi connectivity index (χ1v) is 11.5. The number of nitrogens with zero attached hydrogens (tertiary/aromatic N) is 1. The van der Waals surface area contributed by atoms with Crippen molar-refractivity contribution in [1.82, 2.24) is 4.31 Å². The molecule has 3 rings (SSSR count). The van der Waals surface area contributed by atoms with Gasteiger partial charge in [0.1, 0.15) is 10.7 Å². The third-order valence-electron chi connectivity index (χ3n) is 4.27. The van der Waals surface area contributed by atoms with Crippen LogP contribution in [0.2, 0.25) is 5.02 Å². The van der Waals surface area contributed by atoms with Crippen molar-refractivity contribution in [2.45, 2.75) is 23.9 Å². The average molecular weight is 434 g/mol. The summed E-state index contributed by atoms with van der Waals surface area (Å²) in [6.45, 7) is -0.191. The van der Waals surface area contributed by atoms with E-state index in [1.165, 1.54) is 18.4 Å². The molecule has 0 aliphatic carbocycles. The van der Waals surface area contributed by atoms with Gasteiger partial charge in [0.05, 0.1) is 34.9 Å². The first-order valence-electron chi connectivity index (χ1n) is 7.88. The van der Waals surface area contributed by atoms with E-state index in [0.717, 1.165) is 10.4 Å². The number of hydrogen-bond donors (Lipinski definition) is 1. The number of sulfonamides is 1. The summed E-state index contributed by atoms with van der Waals surface area (Å²) in [5.41, 5.74) is -0.241. The van der Waals surface area contributed by atoms with Gasteiger partial charge in [0.25, 0.3) is 0 Å². The van der Waals surface area contributed by atoms with Crippen LogP contribution in [0, 0.1) is 0 Å². The molecule has 27 heavy (non-hydrogen) atoms. The zero-order chi connectivity index (χ0) is 19.8. The van der Waals surface area contributed by atoms with Crippen LogP contribution in [-0.2, 0) is 26.4 Å². The third kappa shape index (κ3) is 4.18. The largest absolute Gasteiger partial charge is 0.478 e. The maximum atomic E-state index is 13.3. The number of hydrogen-bond acceptors (Lipinski definition) is 6. The lowest BCUT2D eigenvalue weighted by Crippen LogP contribution is -2.40. The molecule has 11 heteroatoms. The molecule has 0 saturated carbocycles. The Bertz CT molecular complexity index is 1060. The molecule has 1 aliphatic rings. The molecule has 2 aromatic rings. The van der Waals surface area contributed by atoms with Crippen molar-refractivity contribution in [3.8, 4) is 0 Å². The van der Waals surface area contributed by atoms with Crippen LogP contribution in [0.1, 0.15) is 22.5 Å². The predicted molar refractivity (Wildman–Crippen MR) is 96.9 cm³/mol. The zero-order valence-corrected chi connectivity index (χ0v) is 16.3. The van der Waals surface area contributed by atoms with E-state index in [1.54, 1.807) is 12.1 Å². The number of furan rings is 1. The molecule has 1 aromatic carbocycles. The fourth-order valence-corrected chi connectivity index (χ4v) is 6.88. The van der Waals surface area contributed by atoms with Gasteiger partial charge in [-0.25, -0.2) is 21.6 Å². The Balaban J connectivity index is 2.07. The molecule has 1 saturated heterocycles. The van der Waals surface area contributed by atoms with E-state index in [1.807, 2.05) is 0 Å². The molecule has 1 fully saturated rings. The van der Waals surface area contributed by atoms with Crippen molar-refractivity contribution in [3.05, 3.63) is 52.9 Å². The number of carbonyl (C=O) groups is 1. The van der Waals surface area contributed by atoms with Crippen LogP contribution in [0.5, 0.6) is 0 Å². The minimum Gasteiger partial charge on any atom is -0.478 e. The van der Waals surface area contributed by atoms with Gasteiger partial charge in [-0.3, -0.25) is 0 Å². The van der Waals surface area contributed by atoms with Gasteiger partial charge in [0.2, 0.25) is 10.0 Å². The Morgan fingerprint density at radius 1 is 1.33 bits per heavy atom. The highest BCUT2D eigenvalue weighted by Crippen LogP contribution is 2.31. The van der Waals surface area contributed by atoms with Crippen molar-refractivity contribution < 1.29 is 31.2 Å². The number of halogens is 1. The lowest BCUT2D eigenvalue weighted by molar-refractivity contribution is 0.0696. The molecule has 1 aromatic heterocycles. The Hall–Kier alpha value is -1.88. The van der Waals surface area contributed by atoms with Crippen molar-refractivity contribution >= 4 is 37.4 Å². The fourth-order valence-electron chi connectivity index (χ4n) is 2.93. The van der Waals surface area contributed by atoms with E-state index in [2.05, 4.69) is 0 Å². The lowest BCUT2D eigenvalue weighted by atomic mass is 10.2. The molecule has 146 valence electrons. The zero-order valence-electron chi connectivity index (χ0n) is 13.9. The fraction of sp³-hybridized carbons (Fsp3) is 0.312. The minimum atomic E-state index is -4.28. The molecule has 0 amide bonds. The molecule has 8 nitrogen and oxygen atoms in total. The summed E-state index contributed by atoms with van der Waals surface area (Å²) in [5.74, 6) is -1.41. The molecule has 1 N–H and O–H groups in total. The summed E-state index contributed by atoms with van der Waals surface area (Å²) in [7, 11) is -7.64. The van der Waals surface area contributed by atoms with Gasteiger partial charge < -0.3 is 9.52 Å². The first-order chi connectivity index (χ1) is 12.6. The topological polar surface area (TPSA) is 122 Å². The van der Waals surface area contributed by atoms with Crippen LogP contribution in [0.15, 0.2) is 45.9 Å².